The minimum Gasteiger partial charge on any atom is -0.393 e. The molecule has 0 aromatic carbocycles. The Labute approximate surface area is 47.9 Å². The van der Waals surface area contributed by atoms with Crippen LogP contribution in [-0.4, -0.2) is 16.3 Å². The summed E-state index contributed by atoms with van der Waals surface area (Å²) in [7, 11) is 0. The summed E-state index contributed by atoms with van der Waals surface area (Å²) in [6.07, 6.45) is -0.409. The van der Waals surface area contributed by atoms with E-state index in [2.05, 4.69) is 12.6 Å². The quantitative estimate of drug-likeness (QED) is 0.511. The SMILES string of the molecule is C[C@@H](O)CC(=O)S. The lowest BCUT2D eigenvalue weighted by Gasteiger charge is -1.94. The van der Waals surface area contributed by atoms with E-state index in [1.807, 2.05) is 0 Å². The van der Waals surface area contributed by atoms with Crippen molar-refractivity contribution in [2.24, 2.45) is 0 Å². The first-order valence-electron chi connectivity index (χ1n) is 2.03. The minimum atomic E-state index is -0.551. The molecule has 0 amide bonds. The molecular weight excluding hydrogens is 112 g/mol. The van der Waals surface area contributed by atoms with Crippen LogP contribution in [0.5, 0.6) is 0 Å². The number of aliphatic hydroxyl groups excluding tert-OH is 1. The van der Waals surface area contributed by atoms with Gasteiger partial charge in [-0.1, -0.05) is 0 Å². The molecule has 0 rings (SSSR count). The first kappa shape index (κ1) is 6.98. The van der Waals surface area contributed by atoms with Crippen molar-refractivity contribution < 1.29 is 9.90 Å². The Morgan fingerprint density at radius 1 is 2.00 bits per heavy atom. The van der Waals surface area contributed by atoms with Gasteiger partial charge in [0.15, 0.2) is 5.12 Å². The summed E-state index contributed by atoms with van der Waals surface area (Å²) in [5.41, 5.74) is 0. The standard InChI is InChI=1S/C4H8O2S/c1-3(5)2-4(6)7/h3,5H,2H2,1H3,(H,6,7)/t3-/m1/s1. The number of rotatable bonds is 2. The molecule has 0 bridgehead atoms. The third-order valence-electron chi connectivity index (χ3n) is 0.470. The number of thiol groups is 1. The molecule has 0 aromatic rings. The highest BCUT2D eigenvalue weighted by Gasteiger charge is 1.98. The predicted octanol–water partition coefficient (Wildman–Crippen LogP) is 0.214. The first-order valence-corrected chi connectivity index (χ1v) is 2.47. The van der Waals surface area contributed by atoms with E-state index in [0.29, 0.717) is 0 Å². The molecule has 7 heavy (non-hydrogen) atoms. The van der Waals surface area contributed by atoms with Crippen LogP contribution in [0.25, 0.3) is 0 Å². The van der Waals surface area contributed by atoms with E-state index in [1.165, 1.54) is 0 Å². The lowest BCUT2D eigenvalue weighted by Crippen LogP contribution is -2.03. The number of hydrogen-bond donors (Lipinski definition) is 2. The summed E-state index contributed by atoms with van der Waals surface area (Å²) in [5.74, 6) is 0. The normalized spacial score (nSPS) is 13.6. The molecule has 0 unspecified atom stereocenters. The van der Waals surface area contributed by atoms with Crippen molar-refractivity contribution >= 4 is 17.7 Å². The third-order valence-corrected chi connectivity index (χ3v) is 0.653. The average Bonchev–Trinajstić information content (AvgIpc) is 1.27. The molecule has 0 saturated carbocycles. The lowest BCUT2D eigenvalue weighted by molar-refractivity contribution is -0.112. The van der Waals surface area contributed by atoms with E-state index in [0.717, 1.165) is 0 Å². The molecule has 0 radical (unpaired) electrons. The highest BCUT2D eigenvalue weighted by molar-refractivity contribution is 7.96. The summed E-state index contributed by atoms with van der Waals surface area (Å²) >= 11 is 3.44. The van der Waals surface area contributed by atoms with Crippen molar-refractivity contribution in [2.75, 3.05) is 0 Å². The van der Waals surface area contributed by atoms with Crippen LogP contribution < -0.4 is 0 Å². The van der Waals surface area contributed by atoms with Gasteiger partial charge < -0.3 is 5.11 Å². The fraction of sp³-hybridized carbons (Fsp3) is 0.750. The molecular formula is C4H8O2S. The van der Waals surface area contributed by atoms with Gasteiger partial charge in [-0.15, -0.1) is 12.6 Å². The van der Waals surface area contributed by atoms with Gasteiger partial charge in [0.1, 0.15) is 0 Å². The largest absolute Gasteiger partial charge is 0.393 e. The Morgan fingerprint density at radius 3 is 2.43 bits per heavy atom. The van der Waals surface area contributed by atoms with Gasteiger partial charge in [-0.3, -0.25) is 4.79 Å². The number of aliphatic hydroxyl groups is 1. The summed E-state index contributed by atoms with van der Waals surface area (Å²) in [6, 6.07) is 0. The zero-order chi connectivity index (χ0) is 5.86. The van der Waals surface area contributed by atoms with Crippen LogP contribution in [0.4, 0.5) is 0 Å². The summed E-state index contributed by atoms with van der Waals surface area (Å²) in [6.45, 7) is 1.55. The van der Waals surface area contributed by atoms with Crippen molar-refractivity contribution in [2.45, 2.75) is 19.4 Å². The van der Waals surface area contributed by atoms with Crippen molar-refractivity contribution in [3.05, 3.63) is 0 Å². The molecule has 2 nitrogen and oxygen atoms in total. The molecule has 42 valence electrons. The van der Waals surface area contributed by atoms with Gasteiger partial charge in [-0.05, 0) is 6.92 Å². The number of hydrogen-bond acceptors (Lipinski definition) is 2. The van der Waals surface area contributed by atoms with Gasteiger partial charge in [0.25, 0.3) is 0 Å². The molecule has 0 heterocycles. The van der Waals surface area contributed by atoms with E-state index in [1.54, 1.807) is 6.92 Å². The van der Waals surface area contributed by atoms with Crippen LogP contribution in [0.2, 0.25) is 0 Å². The molecule has 0 aliphatic rings. The monoisotopic (exact) mass is 120 g/mol. The van der Waals surface area contributed by atoms with Gasteiger partial charge in [0.2, 0.25) is 0 Å². The third kappa shape index (κ3) is 5.98. The van der Waals surface area contributed by atoms with E-state index < -0.39 is 6.10 Å². The Balaban J connectivity index is 3.13. The topological polar surface area (TPSA) is 37.3 Å². The maximum Gasteiger partial charge on any atom is 0.188 e. The molecule has 1 N–H and O–H groups in total. The van der Waals surface area contributed by atoms with Gasteiger partial charge in [0.05, 0.1) is 6.10 Å². The van der Waals surface area contributed by atoms with E-state index in [-0.39, 0.29) is 11.5 Å². The second kappa shape index (κ2) is 3.04. The van der Waals surface area contributed by atoms with Crippen LogP contribution >= 0.6 is 12.6 Å². The summed E-state index contributed by atoms with van der Waals surface area (Å²) in [4.78, 5) is 9.96. The fourth-order valence-corrected chi connectivity index (χ4v) is 0.517. The Hall–Kier alpha value is -0.0200. The molecule has 0 saturated heterocycles. The number of carbonyl (C=O) groups excluding carboxylic acids is 1. The Bertz CT molecular complexity index is 70.1. The second-order valence-electron chi connectivity index (χ2n) is 1.45. The van der Waals surface area contributed by atoms with Crippen LogP contribution in [0.15, 0.2) is 0 Å². The molecule has 1 atom stereocenters. The van der Waals surface area contributed by atoms with E-state index in [4.69, 9.17) is 5.11 Å². The summed E-state index contributed by atoms with van der Waals surface area (Å²) in [5, 5.41) is 8.18. The lowest BCUT2D eigenvalue weighted by atomic mass is 10.3. The van der Waals surface area contributed by atoms with Gasteiger partial charge in [0, 0.05) is 6.42 Å². The molecule has 0 aliphatic carbocycles. The maximum atomic E-state index is 9.96. The Morgan fingerprint density at radius 2 is 2.43 bits per heavy atom. The molecule has 0 spiro atoms. The zero-order valence-corrected chi connectivity index (χ0v) is 4.98. The van der Waals surface area contributed by atoms with Crippen molar-refractivity contribution in [1.82, 2.24) is 0 Å². The average molecular weight is 120 g/mol. The molecule has 0 aliphatic heterocycles. The minimum absolute atomic E-state index is 0.142. The highest BCUT2D eigenvalue weighted by atomic mass is 32.1. The van der Waals surface area contributed by atoms with Crippen LogP contribution in [0.1, 0.15) is 13.3 Å². The second-order valence-corrected chi connectivity index (χ2v) is 1.95. The number of carbonyl (C=O) groups is 1. The van der Waals surface area contributed by atoms with Gasteiger partial charge in [-0.2, -0.15) is 0 Å². The smallest absolute Gasteiger partial charge is 0.188 e. The summed E-state index contributed by atoms with van der Waals surface area (Å²) < 4.78 is 0. The van der Waals surface area contributed by atoms with E-state index in [9.17, 15) is 4.79 Å². The zero-order valence-electron chi connectivity index (χ0n) is 4.09. The van der Waals surface area contributed by atoms with Crippen LogP contribution in [0.3, 0.4) is 0 Å². The highest BCUT2D eigenvalue weighted by Crippen LogP contribution is 1.92. The predicted molar refractivity (Wildman–Crippen MR) is 30.3 cm³/mol. The fourth-order valence-electron chi connectivity index (χ4n) is 0.253. The molecule has 0 fully saturated rings. The van der Waals surface area contributed by atoms with Crippen LogP contribution in [-0.2, 0) is 4.79 Å². The maximum absolute atomic E-state index is 9.96. The van der Waals surface area contributed by atoms with Crippen molar-refractivity contribution in [3.63, 3.8) is 0 Å². The molecule has 3 heteroatoms. The van der Waals surface area contributed by atoms with E-state index >= 15 is 0 Å². The Kier molecular flexibility index (Phi) is 3.04. The first-order chi connectivity index (χ1) is 3.13. The van der Waals surface area contributed by atoms with Gasteiger partial charge in [-0.25, -0.2) is 0 Å². The van der Waals surface area contributed by atoms with Crippen molar-refractivity contribution in [1.29, 1.82) is 0 Å². The van der Waals surface area contributed by atoms with Crippen molar-refractivity contribution in [3.8, 4) is 0 Å². The van der Waals surface area contributed by atoms with Gasteiger partial charge >= 0.3 is 0 Å². The van der Waals surface area contributed by atoms with Crippen LogP contribution in [0, 0.1) is 0 Å². The molecule has 0 aromatic heterocycles.